The van der Waals surface area contributed by atoms with Gasteiger partial charge in [-0.25, -0.2) is 4.99 Å². The molecule has 0 saturated heterocycles. The Morgan fingerprint density at radius 3 is 2.54 bits per heavy atom. The first-order valence-corrected chi connectivity index (χ1v) is 8.26. The summed E-state index contributed by atoms with van der Waals surface area (Å²) in [5.74, 6) is 1.06. The molecule has 1 fully saturated rings. The Labute approximate surface area is 143 Å². The molecule has 2 rings (SSSR count). The smallest absolute Gasteiger partial charge is 0.257 e. The van der Waals surface area contributed by atoms with Crippen LogP contribution in [0.15, 0.2) is 39.8 Å². The predicted octanol–water partition coefficient (Wildman–Crippen LogP) is 3.16. The molecule has 2 N–H and O–H groups in total. The van der Waals surface area contributed by atoms with Crippen molar-refractivity contribution in [3.05, 3.63) is 34.8 Å². The van der Waals surface area contributed by atoms with E-state index in [1.807, 2.05) is 27.8 Å². The zero-order chi connectivity index (χ0) is 17.9. The highest BCUT2D eigenvalue weighted by Crippen LogP contribution is 2.36. The van der Waals surface area contributed by atoms with Gasteiger partial charge in [0.25, 0.3) is 5.91 Å². The third kappa shape index (κ3) is 4.13. The lowest BCUT2D eigenvalue weighted by Gasteiger charge is -2.20. The number of nitrogens with zero attached hydrogens (tertiary/aromatic N) is 3. The van der Waals surface area contributed by atoms with Gasteiger partial charge in [-0.15, -0.1) is 0 Å². The van der Waals surface area contributed by atoms with Gasteiger partial charge in [-0.05, 0) is 46.8 Å². The quantitative estimate of drug-likeness (QED) is 0.458. The van der Waals surface area contributed by atoms with Crippen molar-refractivity contribution in [3.63, 3.8) is 0 Å². The zero-order valence-electron chi connectivity index (χ0n) is 15.2. The first-order chi connectivity index (χ1) is 11.3. The zero-order valence-corrected chi connectivity index (χ0v) is 15.2. The van der Waals surface area contributed by atoms with Crippen LogP contribution in [0.25, 0.3) is 0 Å². The number of allylic oxidation sites excluding steroid dienone is 1. The van der Waals surface area contributed by atoms with Crippen molar-refractivity contribution < 1.29 is 4.79 Å². The summed E-state index contributed by atoms with van der Waals surface area (Å²) in [5.41, 5.74) is 2.53. The van der Waals surface area contributed by atoms with Crippen LogP contribution in [0.1, 0.15) is 47.0 Å². The summed E-state index contributed by atoms with van der Waals surface area (Å²) in [6.07, 6.45) is 4.69. The van der Waals surface area contributed by atoms with Gasteiger partial charge >= 0.3 is 0 Å². The molecule has 0 bridgehead atoms. The molecule has 6 nitrogen and oxygen atoms in total. The lowest BCUT2D eigenvalue weighted by Crippen LogP contribution is -2.29. The SMILES string of the molecule is C=N/C(NC1(C)CC1)=C(\CC)C(C(=O)Nc1ccn(C)n1)=C(C)C. The second-order valence-electron chi connectivity index (χ2n) is 6.73. The summed E-state index contributed by atoms with van der Waals surface area (Å²) in [6, 6.07) is 1.77. The van der Waals surface area contributed by atoms with E-state index < -0.39 is 0 Å². The average Bonchev–Trinajstić information content (AvgIpc) is 3.11. The average molecular weight is 329 g/mol. The van der Waals surface area contributed by atoms with E-state index in [-0.39, 0.29) is 11.4 Å². The molecule has 0 atom stereocenters. The van der Waals surface area contributed by atoms with E-state index in [9.17, 15) is 4.79 Å². The molecule has 130 valence electrons. The summed E-state index contributed by atoms with van der Waals surface area (Å²) in [7, 11) is 1.81. The van der Waals surface area contributed by atoms with Gasteiger partial charge in [0.05, 0.1) is 0 Å². The normalized spacial score (nSPS) is 16.0. The number of carbonyl (C=O) groups excluding carboxylic acids is 1. The molecular formula is C18H27N5O. The van der Waals surface area contributed by atoms with Gasteiger partial charge < -0.3 is 10.6 Å². The number of rotatable bonds is 7. The van der Waals surface area contributed by atoms with Gasteiger partial charge in [0, 0.05) is 36.0 Å². The fourth-order valence-corrected chi connectivity index (χ4v) is 2.60. The summed E-state index contributed by atoms with van der Waals surface area (Å²) in [5, 5.41) is 10.5. The number of amides is 1. The van der Waals surface area contributed by atoms with Crippen LogP contribution >= 0.6 is 0 Å². The molecule has 0 aromatic carbocycles. The molecule has 0 aliphatic heterocycles. The lowest BCUT2D eigenvalue weighted by atomic mass is 9.97. The summed E-state index contributed by atoms with van der Waals surface area (Å²) in [4.78, 5) is 17.0. The van der Waals surface area contributed by atoms with Crippen molar-refractivity contribution in [2.75, 3.05) is 5.32 Å². The molecule has 1 aromatic heterocycles. The molecule has 1 aliphatic carbocycles. The van der Waals surface area contributed by atoms with Gasteiger partial charge in [-0.2, -0.15) is 5.10 Å². The minimum absolute atomic E-state index is 0.0706. The van der Waals surface area contributed by atoms with E-state index >= 15 is 0 Å². The molecule has 1 aromatic rings. The highest BCUT2D eigenvalue weighted by Gasteiger charge is 2.38. The van der Waals surface area contributed by atoms with E-state index in [2.05, 4.69) is 34.4 Å². The van der Waals surface area contributed by atoms with Gasteiger partial charge in [0.2, 0.25) is 0 Å². The number of aliphatic imine (C=N–C) groups is 1. The number of carbonyl (C=O) groups is 1. The Bertz CT molecular complexity index is 703. The maximum Gasteiger partial charge on any atom is 0.257 e. The van der Waals surface area contributed by atoms with Crippen LogP contribution < -0.4 is 10.6 Å². The highest BCUT2D eigenvalue weighted by atomic mass is 16.1. The van der Waals surface area contributed by atoms with E-state index in [1.165, 1.54) is 0 Å². The third-order valence-electron chi connectivity index (χ3n) is 4.20. The number of anilines is 1. The second-order valence-corrected chi connectivity index (χ2v) is 6.73. The molecule has 24 heavy (non-hydrogen) atoms. The molecule has 1 amide bonds. The van der Waals surface area contributed by atoms with E-state index in [0.717, 1.165) is 24.0 Å². The van der Waals surface area contributed by atoms with E-state index in [1.54, 1.807) is 16.9 Å². The predicted molar refractivity (Wildman–Crippen MR) is 97.9 cm³/mol. The second kappa shape index (κ2) is 7.03. The number of hydrogen-bond acceptors (Lipinski definition) is 4. The number of aryl methyl sites for hydroxylation is 1. The molecular weight excluding hydrogens is 302 g/mol. The van der Waals surface area contributed by atoms with E-state index in [4.69, 9.17) is 0 Å². The van der Waals surface area contributed by atoms with Crippen LogP contribution in [-0.2, 0) is 11.8 Å². The molecule has 0 unspecified atom stereocenters. The van der Waals surface area contributed by atoms with Crippen molar-refractivity contribution >= 4 is 18.4 Å². The standard InChI is InChI=1S/C18H27N5O/c1-7-13(16(19-5)21-18(4)9-10-18)15(12(2)3)17(24)20-14-8-11-23(6)22-14/h8,11,21H,5,7,9-10H2,1-4,6H3,(H,20,22,24)/b16-13-. The van der Waals surface area contributed by atoms with Crippen molar-refractivity contribution in [1.82, 2.24) is 15.1 Å². The van der Waals surface area contributed by atoms with Crippen LogP contribution in [0.2, 0.25) is 0 Å². The minimum Gasteiger partial charge on any atom is -0.365 e. The van der Waals surface area contributed by atoms with Gasteiger partial charge in [-0.3, -0.25) is 9.48 Å². The molecule has 0 spiro atoms. The monoisotopic (exact) mass is 329 g/mol. The van der Waals surface area contributed by atoms with Gasteiger partial charge in [-0.1, -0.05) is 12.5 Å². The van der Waals surface area contributed by atoms with Crippen LogP contribution in [-0.4, -0.2) is 27.9 Å². The van der Waals surface area contributed by atoms with Crippen molar-refractivity contribution in [2.45, 2.75) is 52.5 Å². The Morgan fingerprint density at radius 1 is 1.46 bits per heavy atom. The first kappa shape index (κ1) is 18.0. The number of nitrogens with one attached hydrogen (secondary N) is 2. The van der Waals surface area contributed by atoms with E-state index in [0.29, 0.717) is 23.6 Å². The van der Waals surface area contributed by atoms with Gasteiger partial charge in [0.15, 0.2) is 5.82 Å². The molecule has 6 heteroatoms. The van der Waals surface area contributed by atoms with Crippen molar-refractivity contribution in [2.24, 2.45) is 12.0 Å². The maximum absolute atomic E-state index is 12.8. The Hall–Kier alpha value is -2.37. The maximum atomic E-state index is 12.8. The van der Waals surface area contributed by atoms with Crippen LogP contribution in [0, 0.1) is 0 Å². The van der Waals surface area contributed by atoms with Crippen LogP contribution in [0.5, 0.6) is 0 Å². The summed E-state index contributed by atoms with van der Waals surface area (Å²) < 4.78 is 1.65. The Morgan fingerprint density at radius 2 is 2.12 bits per heavy atom. The Kier molecular flexibility index (Phi) is 5.26. The Balaban J connectivity index is 2.34. The lowest BCUT2D eigenvalue weighted by molar-refractivity contribution is -0.112. The fraction of sp³-hybridized carbons (Fsp3) is 0.500. The fourth-order valence-electron chi connectivity index (χ4n) is 2.60. The molecule has 0 radical (unpaired) electrons. The highest BCUT2D eigenvalue weighted by molar-refractivity contribution is 6.07. The van der Waals surface area contributed by atoms with Crippen LogP contribution in [0.4, 0.5) is 5.82 Å². The van der Waals surface area contributed by atoms with Crippen LogP contribution in [0.3, 0.4) is 0 Å². The van der Waals surface area contributed by atoms with Crippen molar-refractivity contribution in [3.8, 4) is 0 Å². The summed E-state index contributed by atoms with van der Waals surface area (Å²) >= 11 is 0. The summed E-state index contributed by atoms with van der Waals surface area (Å²) in [6.45, 7) is 11.7. The molecule has 1 saturated carbocycles. The topological polar surface area (TPSA) is 71.3 Å². The third-order valence-corrected chi connectivity index (χ3v) is 4.20. The molecule has 1 aliphatic rings. The largest absolute Gasteiger partial charge is 0.365 e. The van der Waals surface area contributed by atoms with Crippen molar-refractivity contribution in [1.29, 1.82) is 0 Å². The number of hydrogen-bond donors (Lipinski definition) is 2. The van der Waals surface area contributed by atoms with Gasteiger partial charge in [0.1, 0.15) is 5.82 Å². The first-order valence-electron chi connectivity index (χ1n) is 8.26. The number of aromatic nitrogens is 2. The molecule has 1 heterocycles. The minimum atomic E-state index is -0.172.